The third kappa shape index (κ3) is 11.4. The number of hydrogen-bond acceptors (Lipinski definition) is 5. The fourth-order valence-electron chi connectivity index (χ4n) is 2.37. The third-order valence-corrected chi connectivity index (χ3v) is 3.23. The first kappa shape index (κ1) is 21.8. The molecule has 0 fully saturated rings. The molecular weight excluding hydrogens is 284 g/mol. The minimum absolute atomic E-state index is 0.105. The normalized spacial score (nSPS) is 13.2. The van der Waals surface area contributed by atoms with Crippen LogP contribution in [0.25, 0.3) is 0 Å². The molecule has 1 atom stereocenters. The summed E-state index contributed by atoms with van der Waals surface area (Å²) >= 11 is 0. The first-order valence-electron chi connectivity index (χ1n) is 8.79. The molecule has 1 unspecified atom stereocenters. The van der Waals surface area contributed by atoms with Gasteiger partial charge in [0.25, 0.3) is 0 Å². The monoisotopic (exact) mass is 320 g/mol. The number of ether oxygens (including phenoxy) is 5. The Morgan fingerprint density at radius 3 is 1.45 bits per heavy atom. The quantitative estimate of drug-likeness (QED) is 0.405. The van der Waals surface area contributed by atoms with Crippen LogP contribution in [0.5, 0.6) is 0 Å². The molecule has 5 heteroatoms. The molecule has 0 aromatic carbocycles. The van der Waals surface area contributed by atoms with E-state index < -0.39 is 0 Å². The molecule has 0 heterocycles. The van der Waals surface area contributed by atoms with Crippen molar-refractivity contribution in [3.8, 4) is 0 Å². The van der Waals surface area contributed by atoms with Crippen LogP contribution in [-0.2, 0) is 23.7 Å². The molecule has 134 valence electrons. The molecule has 0 amide bonds. The third-order valence-electron chi connectivity index (χ3n) is 3.23. The maximum atomic E-state index is 5.83. The molecule has 0 saturated heterocycles. The van der Waals surface area contributed by atoms with E-state index in [-0.39, 0.29) is 18.7 Å². The Labute approximate surface area is 136 Å². The van der Waals surface area contributed by atoms with E-state index >= 15 is 0 Å². The maximum Gasteiger partial charge on any atom is 0.160 e. The fourth-order valence-corrected chi connectivity index (χ4v) is 2.37. The van der Waals surface area contributed by atoms with E-state index in [1.807, 2.05) is 34.6 Å². The Hall–Kier alpha value is -0.200. The summed E-state index contributed by atoms with van der Waals surface area (Å²) in [6, 6.07) is 0. The van der Waals surface area contributed by atoms with Crippen molar-refractivity contribution in [1.29, 1.82) is 0 Å². The lowest BCUT2D eigenvalue weighted by Gasteiger charge is -2.24. The molecule has 0 bridgehead atoms. The molecule has 0 spiro atoms. The van der Waals surface area contributed by atoms with Crippen molar-refractivity contribution < 1.29 is 23.7 Å². The molecule has 0 aromatic heterocycles. The first-order valence-corrected chi connectivity index (χ1v) is 8.79. The van der Waals surface area contributed by atoms with Gasteiger partial charge in [0.15, 0.2) is 12.6 Å². The van der Waals surface area contributed by atoms with E-state index in [0.29, 0.717) is 33.0 Å². The van der Waals surface area contributed by atoms with Gasteiger partial charge in [0.1, 0.15) is 0 Å². The highest BCUT2D eigenvalue weighted by Crippen LogP contribution is 2.16. The van der Waals surface area contributed by atoms with Crippen LogP contribution in [0.3, 0.4) is 0 Å². The Bertz CT molecular complexity index is 213. The summed E-state index contributed by atoms with van der Waals surface area (Å²) in [7, 11) is 0. The zero-order valence-electron chi connectivity index (χ0n) is 15.1. The molecule has 5 nitrogen and oxygen atoms in total. The van der Waals surface area contributed by atoms with Crippen LogP contribution in [0.1, 0.15) is 60.3 Å². The highest BCUT2D eigenvalue weighted by molar-refractivity contribution is 4.63. The van der Waals surface area contributed by atoms with Gasteiger partial charge in [-0.3, -0.25) is 0 Å². The average Bonchev–Trinajstić information content (AvgIpc) is 2.48. The van der Waals surface area contributed by atoms with Crippen molar-refractivity contribution in [2.24, 2.45) is 0 Å². The van der Waals surface area contributed by atoms with E-state index in [0.717, 1.165) is 25.7 Å². The van der Waals surface area contributed by atoms with Gasteiger partial charge in [-0.25, -0.2) is 0 Å². The Morgan fingerprint density at radius 2 is 1.00 bits per heavy atom. The Morgan fingerprint density at radius 1 is 0.545 bits per heavy atom. The van der Waals surface area contributed by atoms with Crippen LogP contribution >= 0.6 is 0 Å². The number of hydrogen-bond donors (Lipinski definition) is 0. The molecule has 0 aromatic rings. The molecule has 0 saturated carbocycles. The predicted octanol–water partition coefficient (Wildman–Crippen LogP) is 3.75. The van der Waals surface area contributed by atoms with Gasteiger partial charge in [0.05, 0.1) is 6.10 Å². The van der Waals surface area contributed by atoms with Crippen LogP contribution in [0.15, 0.2) is 0 Å². The van der Waals surface area contributed by atoms with E-state index in [2.05, 4.69) is 0 Å². The van der Waals surface area contributed by atoms with Crippen molar-refractivity contribution in [3.63, 3.8) is 0 Å². The first-order chi connectivity index (χ1) is 10.7. The second kappa shape index (κ2) is 15.7. The van der Waals surface area contributed by atoms with Crippen molar-refractivity contribution in [3.05, 3.63) is 0 Å². The van der Waals surface area contributed by atoms with Gasteiger partial charge in [-0.15, -0.1) is 0 Å². The maximum absolute atomic E-state index is 5.83. The van der Waals surface area contributed by atoms with Gasteiger partial charge in [-0.05, 0) is 53.9 Å². The Balaban J connectivity index is 4.19. The average molecular weight is 320 g/mol. The lowest BCUT2D eigenvalue weighted by atomic mass is 10.1. The topological polar surface area (TPSA) is 46.2 Å². The highest BCUT2D eigenvalue weighted by Gasteiger charge is 2.18. The van der Waals surface area contributed by atoms with Crippen LogP contribution in [0.4, 0.5) is 0 Å². The van der Waals surface area contributed by atoms with Gasteiger partial charge in [0, 0.05) is 39.5 Å². The Kier molecular flexibility index (Phi) is 15.5. The molecule has 22 heavy (non-hydrogen) atoms. The largest absolute Gasteiger partial charge is 0.378 e. The zero-order valence-corrected chi connectivity index (χ0v) is 15.1. The molecule has 0 aliphatic rings. The summed E-state index contributed by atoms with van der Waals surface area (Å²) in [4.78, 5) is 0. The van der Waals surface area contributed by atoms with Crippen LogP contribution in [0.2, 0.25) is 0 Å². The summed E-state index contributed by atoms with van der Waals surface area (Å²) < 4.78 is 28.2. The molecule has 0 aliphatic heterocycles. The lowest BCUT2D eigenvalue weighted by molar-refractivity contribution is -0.159. The summed E-state index contributed by atoms with van der Waals surface area (Å²) in [5.41, 5.74) is 0. The van der Waals surface area contributed by atoms with Crippen molar-refractivity contribution in [2.45, 2.75) is 79.0 Å². The van der Waals surface area contributed by atoms with Crippen molar-refractivity contribution in [1.82, 2.24) is 0 Å². The number of rotatable bonds is 16. The fraction of sp³-hybridized carbons (Fsp3) is 1.00. The smallest absolute Gasteiger partial charge is 0.160 e. The minimum atomic E-state index is -0.180. The SMILES string of the molecule is CCOC(CCCC(OCC)OCC)CC(OCC)OCC. The molecular formula is C17H36O5. The summed E-state index contributed by atoms with van der Waals surface area (Å²) in [5.74, 6) is 0. The summed E-state index contributed by atoms with van der Waals surface area (Å²) in [6.45, 7) is 13.3. The van der Waals surface area contributed by atoms with Gasteiger partial charge in [0.2, 0.25) is 0 Å². The van der Waals surface area contributed by atoms with Crippen molar-refractivity contribution in [2.75, 3.05) is 33.0 Å². The second-order valence-corrected chi connectivity index (χ2v) is 4.92. The van der Waals surface area contributed by atoms with Gasteiger partial charge in [-0.1, -0.05) is 0 Å². The lowest BCUT2D eigenvalue weighted by Crippen LogP contribution is -2.26. The van der Waals surface area contributed by atoms with E-state index in [1.54, 1.807) is 0 Å². The minimum Gasteiger partial charge on any atom is -0.378 e. The predicted molar refractivity (Wildman–Crippen MR) is 88.0 cm³/mol. The molecule has 0 N–H and O–H groups in total. The van der Waals surface area contributed by atoms with E-state index in [9.17, 15) is 0 Å². The second-order valence-electron chi connectivity index (χ2n) is 4.92. The molecule has 0 aliphatic carbocycles. The molecule has 0 radical (unpaired) electrons. The van der Waals surface area contributed by atoms with Crippen molar-refractivity contribution >= 4 is 0 Å². The van der Waals surface area contributed by atoms with Crippen LogP contribution < -0.4 is 0 Å². The van der Waals surface area contributed by atoms with E-state index in [4.69, 9.17) is 23.7 Å². The van der Waals surface area contributed by atoms with Gasteiger partial charge < -0.3 is 23.7 Å². The van der Waals surface area contributed by atoms with Crippen LogP contribution in [-0.4, -0.2) is 51.7 Å². The molecule has 0 rings (SSSR count). The van der Waals surface area contributed by atoms with E-state index in [1.165, 1.54) is 0 Å². The van der Waals surface area contributed by atoms with Gasteiger partial charge >= 0.3 is 0 Å². The highest BCUT2D eigenvalue weighted by atomic mass is 16.7. The standard InChI is InChI=1S/C17H36O5/c1-6-18-15(14-17(21-9-4)22-10-5)12-11-13-16(19-7-2)20-8-3/h15-17H,6-14H2,1-5H3. The summed E-state index contributed by atoms with van der Waals surface area (Å²) in [5, 5.41) is 0. The summed E-state index contributed by atoms with van der Waals surface area (Å²) in [6.07, 6.45) is 3.48. The van der Waals surface area contributed by atoms with Gasteiger partial charge in [-0.2, -0.15) is 0 Å². The zero-order chi connectivity index (χ0) is 16.6. The van der Waals surface area contributed by atoms with Crippen LogP contribution in [0, 0.1) is 0 Å².